The molecule has 0 saturated carbocycles. The van der Waals surface area contributed by atoms with Crippen molar-refractivity contribution in [3.05, 3.63) is 53.6 Å². The van der Waals surface area contributed by atoms with Crippen molar-refractivity contribution in [3.8, 4) is 6.07 Å². The Morgan fingerprint density at radius 3 is 2.60 bits per heavy atom. The van der Waals surface area contributed by atoms with Crippen LogP contribution in [0, 0.1) is 11.3 Å². The number of nitrogens with zero attached hydrogens (tertiary/aromatic N) is 2. The second kappa shape index (κ2) is 8.48. The van der Waals surface area contributed by atoms with Crippen molar-refractivity contribution in [2.24, 2.45) is 0 Å². The maximum absolute atomic E-state index is 12.9. The van der Waals surface area contributed by atoms with Gasteiger partial charge >= 0.3 is 5.97 Å². The Morgan fingerprint density at radius 2 is 1.97 bits per heavy atom. The SMILES string of the molecule is N#Cc1ccc(S(=O)(=O)Nc2ccc3c(c2)C(=O)N(CCC(=O)O)CC(=S)N3)cc1. The molecule has 0 aromatic heterocycles. The molecule has 0 atom stereocenters. The Hall–Kier alpha value is -3.49. The maximum Gasteiger partial charge on any atom is 0.305 e. The Balaban J connectivity index is 1.89. The molecule has 0 saturated heterocycles. The predicted octanol–water partition coefficient (Wildman–Crippen LogP) is 2.03. The Bertz CT molecular complexity index is 1170. The van der Waals surface area contributed by atoms with Crippen molar-refractivity contribution in [1.29, 1.82) is 5.26 Å². The number of nitriles is 1. The number of aliphatic carboxylic acids is 1. The van der Waals surface area contributed by atoms with E-state index in [0.717, 1.165) is 0 Å². The van der Waals surface area contributed by atoms with Gasteiger partial charge < -0.3 is 15.3 Å². The van der Waals surface area contributed by atoms with Gasteiger partial charge in [0.15, 0.2) is 0 Å². The van der Waals surface area contributed by atoms with Gasteiger partial charge in [-0.3, -0.25) is 14.3 Å². The molecule has 1 amide bonds. The number of nitrogens with one attached hydrogen (secondary N) is 2. The van der Waals surface area contributed by atoms with Gasteiger partial charge in [-0.15, -0.1) is 0 Å². The first-order valence-electron chi connectivity index (χ1n) is 8.67. The molecule has 0 aliphatic carbocycles. The quantitative estimate of drug-likeness (QED) is 0.575. The Labute approximate surface area is 178 Å². The lowest BCUT2D eigenvalue weighted by molar-refractivity contribution is -0.137. The van der Waals surface area contributed by atoms with Crippen molar-refractivity contribution in [1.82, 2.24) is 4.90 Å². The minimum atomic E-state index is -3.95. The lowest BCUT2D eigenvalue weighted by Crippen LogP contribution is -2.36. The van der Waals surface area contributed by atoms with E-state index in [-0.39, 0.29) is 35.7 Å². The monoisotopic (exact) mass is 444 g/mol. The van der Waals surface area contributed by atoms with Gasteiger partial charge in [-0.2, -0.15) is 5.26 Å². The second-order valence-corrected chi connectivity index (χ2v) is 8.60. The molecule has 1 aliphatic rings. The first kappa shape index (κ1) is 21.2. The summed E-state index contributed by atoms with van der Waals surface area (Å²) in [5.41, 5.74) is 1.05. The van der Waals surface area contributed by atoms with Crippen molar-refractivity contribution < 1.29 is 23.1 Å². The maximum atomic E-state index is 12.9. The summed E-state index contributed by atoms with van der Waals surface area (Å²) in [6, 6.07) is 11.7. The summed E-state index contributed by atoms with van der Waals surface area (Å²) in [6.07, 6.45) is -0.241. The van der Waals surface area contributed by atoms with Crippen molar-refractivity contribution in [2.75, 3.05) is 23.1 Å². The second-order valence-electron chi connectivity index (χ2n) is 6.42. The van der Waals surface area contributed by atoms with Crippen molar-refractivity contribution >= 4 is 50.5 Å². The van der Waals surface area contributed by atoms with Crippen molar-refractivity contribution in [2.45, 2.75) is 11.3 Å². The predicted molar refractivity (Wildman–Crippen MR) is 113 cm³/mol. The minimum Gasteiger partial charge on any atom is -0.481 e. The number of carboxylic acid groups (broad SMARTS) is 1. The first-order valence-corrected chi connectivity index (χ1v) is 10.6. The highest BCUT2D eigenvalue weighted by atomic mass is 32.2. The molecule has 30 heavy (non-hydrogen) atoms. The van der Waals surface area contributed by atoms with Crippen LogP contribution in [0.1, 0.15) is 22.3 Å². The van der Waals surface area contributed by atoms with Crippen LogP contribution in [0.25, 0.3) is 0 Å². The summed E-state index contributed by atoms with van der Waals surface area (Å²) >= 11 is 5.20. The number of rotatable bonds is 6. The van der Waals surface area contributed by atoms with Crippen LogP contribution in [0.3, 0.4) is 0 Å². The molecular weight excluding hydrogens is 428 g/mol. The fourth-order valence-electron chi connectivity index (χ4n) is 2.83. The molecule has 2 aromatic carbocycles. The van der Waals surface area contributed by atoms with Gasteiger partial charge in [0.1, 0.15) is 0 Å². The molecule has 154 valence electrons. The van der Waals surface area contributed by atoms with E-state index in [1.54, 1.807) is 0 Å². The van der Waals surface area contributed by atoms with Gasteiger partial charge in [0.25, 0.3) is 15.9 Å². The van der Waals surface area contributed by atoms with Crippen LogP contribution in [0.5, 0.6) is 0 Å². The number of carbonyl (C=O) groups is 2. The molecule has 0 fully saturated rings. The zero-order valence-electron chi connectivity index (χ0n) is 15.5. The van der Waals surface area contributed by atoms with Gasteiger partial charge in [-0.05, 0) is 42.5 Å². The molecule has 1 heterocycles. The van der Waals surface area contributed by atoms with E-state index in [1.807, 2.05) is 6.07 Å². The fourth-order valence-corrected chi connectivity index (χ4v) is 4.15. The summed E-state index contributed by atoms with van der Waals surface area (Å²) in [5.74, 6) is -1.51. The molecule has 0 spiro atoms. The third kappa shape index (κ3) is 4.73. The van der Waals surface area contributed by atoms with E-state index in [2.05, 4.69) is 10.0 Å². The van der Waals surface area contributed by atoms with Crippen LogP contribution in [-0.4, -0.2) is 48.4 Å². The highest BCUT2D eigenvalue weighted by Crippen LogP contribution is 2.26. The summed E-state index contributed by atoms with van der Waals surface area (Å²) in [5, 5.41) is 20.6. The fraction of sp³-hybridized carbons (Fsp3) is 0.158. The zero-order valence-corrected chi connectivity index (χ0v) is 17.1. The summed E-state index contributed by atoms with van der Waals surface area (Å²) in [4.78, 5) is 25.4. The highest BCUT2D eigenvalue weighted by molar-refractivity contribution is 7.92. The van der Waals surface area contributed by atoms with E-state index < -0.39 is 21.9 Å². The summed E-state index contributed by atoms with van der Waals surface area (Å²) in [6.45, 7) is 0.0268. The Morgan fingerprint density at radius 1 is 1.27 bits per heavy atom. The standard InChI is InChI=1S/C19H16N4O5S2/c20-10-12-1-4-14(5-2-12)30(27,28)22-13-3-6-16-15(9-13)19(26)23(8-7-18(24)25)11-17(29)21-16/h1-6,9,22H,7-8,11H2,(H,21,29)(H,24,25). The average molecular weight is 444 g/mol. The smallest absolute Gasteiger partial charge is 0.305 e. The third-order valence-corrected chi connectivity index (χ3v) is 5.92. The number of fused-ring (bicyclic) bond motifs is 1. The number of benzene rings is 2. The lowest BCUT2D eigenvalue weighted by Gasteiger charge is -2.19. The van der Waals surface area contributed by atoms with Crippen LogP contribution in [-0.2, 0) is 14.8 Å². The van der Waals surface area contributed by atoms with E-state index in [4.69, 9.17) is 22.6 Å². The molecule has 2 aromatic rings. The topological polar surface area (TPSA) is 140 Å². The van der Waals surface area contributed by atoms with Gasteiger partial charge in [0, 0.05) is 12.2 Å². The zero-order chi connectivity index (χ0) is 21.9. The molecule has 0 unspecified atom stereocenters. The summed E-state index contributed by atoms with van der Waals surface area (Å²) in [7, 11) is -3.95. The third-order valence-electron chi connectivity index (χ3n) is 4.29. The summed E-state index contributed by atoms with van der Waals surface area (Å²) < 4.78 is 27.6. The molecular formula is C19H16N4O5S2. The van der Waals surface area contributed by atoms with E-state index in [9.17, 15) is 18.0 Å². The molecule has 0 radical (unpaired) electrons. The largest absolute Gasteiger partial charge is 0.481 e. The van der Waals surface area contributed by atoms with Gasteiger partial charge in [-0.25, -0.2) is 8.42 Å². The van der Waals surface area contributed by atoms with Crippen LogP contribution in [0.15, 0.2) is 47.4 Å². The van der Waals surface area contributed by atoms with Crippen molar-refractivity contribution in [3.63, 3.8) is 0 Å². The van der Waals surface area contributed by atoms with E-state index in [0.29, 0.717) is 16.2 Å². The molecule has 1 aliphatic heterocycles. The number of hydrogen-bond acceptors (Lipinski definition) is 6. The van der Waals surface area contributed by atoms with Gasteiger partial charge in [-0.1, -0.05) is 12.2 Å². The lowest BCUT2D eigenvalue weighted by atomic mass is 10.1. The number of thiocarbonyl (C=S) groups is 1. The average Bonchev–Trinajstić information content (AvgIpc) is 2.82. The minimum absolute atomic E-state index is 0.0311. The van der Waals surface area contributed by atoms with Crippen LogP contribution in [0.4, 0.5) is 11.4 Å². The van der Waals surface area contributed by atoms with Crippen LogP contribution >= 0.6 is 12.2 Å². The van der Waals surface area contributed by atoms with Gasteiger partial charge in [0.05, 0.1) is 45.7 Å². The molecule has 3 rings (SSSR count). The number of carbonyl (C=O) groups excluding carboxylic acids is 1. The normalized spacial score (nSPS) is 13.6. The molecule has 0 bridgehead atoms. The number of carboxylic acids is 1. The number of hydrogen-bond donors (Lipinski definition) is 3. The van der Waals surface area contributed by atoms with Crippen LogP contribution in [0.2, 0.25) is 0 Å². The van der Waals surface area contributed by atoms with Crippen LogP contribution < -0.4 is 10.0 Å². The Kier molecular flexibility index (Phi) is 6.00. The molecule has 3 N–H and O–H groups in total. The van der Waals surface area contributed by atoms with E-state index >= 15 is 0 Å². The highest BCUT2D eigenvalue weighted by Gasteiger charge is 2.26. The van der Waals surface area contributed by atoms with Gasteiger partial charge in [0.2, 0.25) is 0 Å². The first-order chi connectivity index (χ1) is 14.2. The molecule has 11 heteroatoms. The number of amides is 1. The van der Waals surface area contributed by atoms with E-state index in [1.165, 1.54) is 47.4 Å². The number of sulfonamides is 1. The number of anilines is 2. The molecule has 9 nitrogen and oxygen atoms in total.